The molecule has 6 rings (SSSR count). The lowest BCUT2D eigenvalue weighted by Gasteiger charge is -2.59. The van der Waals surface area contributed by atoms with Crippen LogP contribution in [0.1, 0.15) is 71.1 Å². The van der Waals surface area contributed by atoms with E-state index >= 15 is 0 Å². The average molecular weight is 377 g/mol. The summed E-state index contributed by atoms with van der Waals surface area (Å²) in [6.45, 7) is 4.57. The van der Waals surface area contributed by atoms with Gasteiger partial charge in [0.25, 0.3) is 0 Å². The van der Waals surface area contributed by atoms with Crippen molar-refractivity contribution in [2.75, 3.05) is 19.8 Å². The second kappa shape index (κ2) is 6.91. The van der Waals surface area contributed by atoms with Crippen molar-refractivity contribution in [3.05, 3.63) is 0 Å². The summed E-state index contributed by atoms with van der Waals surface area (Å²) >= 11 is 0. The number of rotatable bonds is 3. The minimum atomic E-state index is -0.0695. The van der Waals surface area contributed by atoms with Crippen molar-refractivity contribution in [3.8, 4) is 0 Å². The van der Waals surface area contributed by atoms with Gasteiger partial charge in [-0.25, -0.2) is 4.79 Å². The molecule has 6 aliphatic rings. The van der Waals surface area contributed by atoms with E-state index in [0.29, 0.717) is 5.41 Å². The monoisotopic (exact) mass is 376 g/mol. The Morgan fingerprint density at radius 3 is 2.22 bits per heavy atom. The molecule has 5 heteroatoms. The van der Waals surface area contributed by atoms with Gasteiger partial charge in [0.15, 0.2) is 0 Å². The standard InChI is InChI=1S/C22H36N2O3/c1-15(21-11-16-8-17(12-21)10-18(9-16)13-21)23-20(25)24-19-2-5-27-22(14-19)3-6-26-7-4-22/h15-19H,2-14H2,1H3,(H2,23,24,25). The zero-order chi connectivity index (χ0) is 18.5. The first-order valence-electron chi connectivity index (χ1n) is 11.3. The van der Waals surface area contributed by atoms with E-state index in [4.69, 9.17) is 9.47 Å². The Morgan fingerprint density at radius 1 is 0.963 bits per heavy atom. The van der Waals surface area contributed by atoms with Crippen molar-refractivity contribution in [1.29, 1.82) is 0 Å². The molecule has 2 atom stereocenters. The van der Waals surface area contributed by atoms with Crippen molar-refractivity contribution in [2.45, 2.75) is 88.8 Å². The summed E-state index contributed by atoms with van der Waals surface area (Å²) in [5.41, 5.74) is 0.295. The largest absolute Gasteiger partial charge is 0.381 e. The Bertz CT molecular complexity index is 531. The predicted molar refractivity (Wildman–Crippen MR) is 103 cm³/mol. The van der Waals surface area contributed by atoms with Crippen LogP contribution in [-0.2, 0) is 9.47 Å². The second-order valence-corrected chi connectivity index (χ2v) is 10.5. The molecule has 2 amide bonds. The molecule has 0 aromatic rings. The van der Waals surface area contributed by atoms with Gasteiger partial charge in [-0.3, -0.25) is 0 Å². The summed E-state index contributed by atoms with van der Waals surface area (Å²) in [7, 11) is 0. The maximum Gasteiger partial charge on any atom is 0.315 e. The normalized spacial score (nSPS) is 43.4. The van der Waals surface area contributed by atoms with Crippen LogP contribution in [0.3, 0.4) is 0 Å². The Balaban J connectivity index is 1.17. The minimum Gasteiger partial charge on any atom is -0.381 e. The third-order valence-corrected chi connectivity index (χ3v) is 8.58. The van der Waals surface area contributed by atoms with Gasteiger partial charge in [0, 0.05) is 31.9 Å². The fraction of sp³-hybridized carbons (Fsp3) is 0.955. The molecule has 2 unspecified atom stereocenters. The van der Waals surface area contributed by atoms with E-state index < -0.39 is 0 Å². The molecule has 4 bridgehead atoms. The van der Waals surface area contributed by atoms with Crippen molar-refractivity contribution in [2.24, 2.45) is 23.2 Å². The molecular weight excluding hydrogens is 340 g/mol. The van der Waals surface area contributed by atoms with Gasteiger partial charge in [-0.05, 0) is 94.3 Å². The average Bonchev–Trinajstić information content (AvgIpc) is 2.61. The van der Waals surface area contributed by atoms with Crippen LogP contribution in [0.25, 0.3) is 0 Å². The zero-order valence-electron chi connectivity index (χ0n) is 16.8. The lowest BCUT2D eigenvalue weighted by atomic mass is 9.48. The van der Waals surface area contributed by atoms with Crippen LogP contribution in [0.5, 0.6) is 0 Å². The summed E-state index contributed by atoms with van der Waals surface area (Å²) in [5.74, 6) is 2.77. The highest BCUT2D eigenvalue weighted by Gasteiger charge is 2.53. The van der Waals surface area contributed by atoms with Crippen LogP contribution < -0.4 is 10.6 Å². The summed E-state index contributed by atoms with van der Waals surface area (Å²) in [5, 5.41) is 6.64. The number of hydrogen-bond donors (Lipinski definition) is 2. The van der Waals surface area contributed by atoms with Gasteiger partial charge in [0.05, 0.1) is 5.60 Å². The van der Waals surface area contributed by atoms with E-state index in [1.54, 1.807) is 0 Å². The van der Waals surface area contributed by atoms with Gasteiger partial charge in [0.1, 0.15) is 0 Å². The molecule has 6 fully saturated rings. The number of ether oxygens (including phenoxy) is 2. The third-order valence-electron chi connectivity index (χ3n) is 8.58. The number of urea groups is 1. The SMILES string of the molecule is CC(NC(=O)NC1CCOC2(CCOCC2)C1)C12CC3CC(CC(C3)C1)C2. The van der Waals surface area contributed by atoms with Gasteiger partial charge >= 0.3 is 6.03 Å². The highest BCUT2D eigenvalue weighted by molar-refractivity contribution is 5.74. The fourth-order valence-electron chi connectivity index (χ4n) is 7.53. The predicted octanol–water partition coefficient (Wildman–Crippen LogP) is 3.62. The molecule has 1 spiro atoms. The highest BCUT2D eigenvalue weighted by atomic mass is 16.5. The summed E-state index contributed by atoms with van der Waals surface area (Å²) < 4.78 is 11.6. The summed E-state index contributed by atoms with van der Waals surface area (Å²) in [6, 6.07) is 0.538. The van der Waals surface area contributed by atoms with Crippen LogP contribution in [0.15, 0.2) is 0 Å². The van der Waals surface area contributed by atoms with E-state index in [0.717, 1.165) is 63.3 Å². The highest BCUT2D eigenvalue weighted by Crippen LogP contribution is 2.61. The van der Waals surface area contributed by atoms with Crippen LogP contribution in [0.4, 0.5) is 4.79 Å². The number of hydrogen-bond acceptors (Lipinski definition) is 3. The van der Waals surface area contributed by atoms with Crippen LogP contribution in [0.2, 0.25) is 0 Å². The molecule has 2 heterocycles. The molecule has 4 aliphatic carbocycles. The minimum absolute atomic E-state index is 0.0346. The van der Waals surface area contributed by atoms with E-state index in [-0.39, 0.29) is 23.7 Å². The zero-order valence-corrected chi connectivity index (χ0v) is 16.8. The molecule has 0 radical (unpaired) electrons. The number of carbonyl (C=O) groups excluding carboxylic acids is 1. The quantitative estimate of drug-likeness (QED) is 0.791. The van der Waals surface area contributed by atoms with E-state index in [9.17, 15) is 4.79 Å². The Kier molecular flexibility index (Phi) is 4.67. The first-order valence-corrected chi connectivity index (χ1v) is 11.3. The molecule has 0 aromatic heterocycles. The molecule has 2 aliphatic heterocycles. The molecule has 0 aromatic carbocycles. The fourth-order valence-corrected chi connectivity index (χ4v) is 7.53. The van der Waals surface area contributed by atoms with Gasteiger partial charge in [-0.2, -0.15) is 0 Å². The van der Waals surface area contributed by atoms with Gasteiger partial charge in [-0.15, -0.1) is 0 Å². The van der Waals surface area contributed by atoms with Crippen molar-refractivity contribution < 1.29 is 14.3 Å². The first kappa shape index (κ1) is 18.2. The molecule has 27 heavy (non-hydrogen) atoms. The Hall–Kier alpha value is -0.810. The van der Waals surface area contributed by atoms with E-state index in [1.807, 2.05) is 0 Å². The first-order chi connectivity index (χ1) is 13.0. The lowest BCUT2D eigenvalue weighted by molar-refractivity contribution is -0.139. The maximum absolute atomic E-state index is 12.8. The summed E-state index contributed by atoms with van der Waals surface area (Å²) in [6.07, 6.45) is 12.1. The van der Waals surface area contributed by atoms with Gasteiger partial charge in [0.2, 0.25) is 0 Å². The topological polar surface area (TPSA) is 59.6 Å². The maximum atomic E-state index is 12.8. The van der Waals surface area contributed by atoms with Crippen LogP contribution in [0, 0.1) is 23.2 Å². The number of nitrogens with one attached hydrogen (secondary N) is 2. The van der Waals surface area contributed by atoms with E-state index in [1.165, 1.54) is 38.5 Å². The van der Waals surface area contributed by atoms with Crippen molar-refractivity contribution in [1.82, 2.24) is 10.6 Å². The lowest BCUT2D eigenvalue weighted by Crippen LogP contribution is -2.58. The number of carbonyl (C=O) groups is 1. The van der Waals surface area contributed by atoms with Crippen molar-refractivity contribution in [3.63, 3.8) is 0 Å². The van der Waals surface area contributed by atoms with E-state index in [2.05, 4.69) is 17.6 Å². The second-order valence-electron chi connectivity index (χ2n) is 10.5. The van der Waals surface area contributed by atoms with Gasteiger partial charge < -0.3 is 20.1 Å². The molecular formula is C22H36N2O3. The molecule has 5 nitrogen and oxygen atoms in total. The molecule has 2 N–H and O–H groups in total. The molecule has 152 valence electrons. The van der Waals surface area contributed by atoms with Gasteiger partial charge in [-0.1, -0.05) is 0 Å². The third kappa shape index (κ3) is 3.50. The number of amides is 2. The van der Waals surface area contributed by atoms with Crippen LogP contribution in [-0.4, -0.2) is 43.5 Å². The summed E-state index contributed by atoms with van der Waals surface area (Å²) in [4.78, 5) is 12.8. The smallest absolute Gasteiger partial charge is 0.315 e. The molecule has 4 saturated carbocycles. The van der Waals surface area contributed by atoms with Crippen molar-refractivity contribution >= 4 is 6.03 Å². The Morgan fingerprint density at radius 2 is 1.59 bits per heavy atom. The molecule has 2 saturated heterocycles. The Labute approximate surface area is 163 Å². The van der Waals surface area contributed by atoms with Crippen LogP contribution >= 0.6 is 0 Å².